The molecule has 1 aliphatic rings. The quantitative estimate of drug-likeness (QED) is 0.201. The van der Waals surface area contributed by atoms with E-state index in [1.807, 2.05) is 105 Å². The summed E-state index contributed by atoms with van der Waals surface area (Å²) in [6, 6.07) is 30.3. The fourth-order valence-corrected chi connectivity index (χ4v) is 7.25. The maximum Gasteiger partial charge on any atom is 0.271 e. The highest BCUT2D eigenvalue weighted by atomic mass is 35.5. The lowest BCUT2D eigenvalue weighted by Crippen LogP contribution is -2.40. The largest absolute Gasteiger partial charge is 0.342 e. The van der Waals surface area contributed by atoms with E-state index in [1.54, 1.807) is 10.6 Å². The number of aryl methyl sites for hydroxylation is 1. The van der Waals surface area contributed by atoms with Crippen molar-refractivity contribution < 1.29 is 4.79 Å². The van der Waals surface area contributed by atoms with Crippen LogP contribution in [0.25, 0.3) is 17.0 Å². The van der Waals surface area contributed by atoms with E-state index in [0.29, 0.717) is 42.9 Å². The molecule has 4 aromatic carbocycles. The third-order valence-corrected chi connectivity index (χ3v) is 9.86. The predicted octanol–water partition coefficient (Wildman–Crippen LogP) is 7.49. The number of fused-ring (bicyclic) bond motifs is 2. The van der Waals surface area contributed by atoms with Gasteiger partial charge in [0.05, 0.1) is 31.9 Å². The molecule has 0 fully saturated rings. The summed E-state index contributed by atoms with van der Waals surface area (Å²) in [5.74, 6) is -0.294. The number of nitrogens with zero attached hydrogens (tertiary/aromatic N) is 3. The minimum absolute atomic E-state index is 0.201. The molecule has 6 nitrogen and oxygen atoms in total. The number of anilines is 1. The number of halogens is 2. The van der Waals surface area contributed by atoms with Crippen molar-refractivity contribution in [1.29, 1.82) is 0 Å². The lowest BCUT2D eigenvalue weighted by Gasteiger charge is -2.25. The molecular weight excluding hydrogens is 635 g/mol. The molecule has 1 aliphatic heterocycles. The first kappa shape index (κ1) is 30.0. The fraction of sp³-hybridized carbons (Fsp3) is 0.108. The van der Waals surface area contributed by atoms with Gasteiger partial charge in [-0.25, -0.2) is 4.99 Å². The summed E-state index contributed by atoms with van der Waals surface area (Å²) >= 11 is 13.8. The van der Waals surface area contributed by atoms with E-state index in [9.17, 15) is 9.59 Å². The number of carbonyl (C=O) groups is 1. The lowest BCUT2D eigenvalue weighted by atomic mass is 9.94. The van der Waals surface area contributed by atoms with Crippen molar-refractivity contribution in [2.45, 2.75) is 26.4 Å². The molecule has 46 heavy (non-hydrogen) atoms. The van der Waals surface area contributed by atoms with Crippen LogP contribution in [0.4, 0.5) is 5.69 Å². The van der Waals surface area contributed by atoms with Crippen molar-refractivity contribution in [3.05, 3.63) is 167 Å². The Kier molecular flexibility index (Phi) is 7.99. The van der Waals surface area contributed by atoms with Gasteiger partial charge < -0.3 is 9.88 Å². The molecule has 3 heterocycles. The van der Waals surface area contributed by atoms with Gasteiger partial charge in [-0.3, -0.25) is 14.2 Å². The average molecular weight is 664 g/mol. The van der Waals surface area contributed by atoms with Gasteiger partial charge in [-0.05, 0) is 61.4 Å². The van der Waals surface area contributed by atoms with Crippen molar-refractivity contribution in [1.82, 2.24) is 9.13 Å². The second-order valence-corrected chi connectivity index (χ2v) is 13.1. The molecule has 7 rings (SSSR count). The number of rotatable bonds is 6. The van der Waals surface area contributed by atoms with Gasteiger partial charge in [0.2, 0.25) is 0 Å². The summed E-state index contributed by atoms with van der Waals surface area (Å²) in [6.45, 7) is 4.42. The third kappa shape index (κ3) is 5.62. The first-order valence-corrected chi connectivity index (χ1v) is 16.3. The molecular formula is C37H28Cl2N4O2S. The third-order valence-electron chi connectivity index (χ3n) is 8.13. The van der Waals surface area contributed by atoms with Gasteiger partial charge in [-0.1, -0.05) is 107 Å². The molecule has 1 unspecified atom stereocenters. The van der Waals surface area contributed by atoms with Crippen LogP contribution in [-0.4, -0.2) is 15.0 Å². The number of nitrogens with one attached hydrogen (secondary N) is 1. The summed E-state index contributed by atoms with van der Waals surface area (Å²) in [6.07, 6.45) is 3.97. The van der Waals surface area contributed by atoms with E-state index in [4.69, 9.17) is 28.2 Å². The van der Waals surface area contributed by atoms with Crippen LogP contribution >= 0.6 is 34.5 Å². The number of carbonyl (C=O) groups excluding carboxylic acids is 1. The van der Waals surface area contributed by atoms with Gasteiger partial charge in [0.25, 0.3) is 11.5 Å². The van der Waals surface area contributed by atoms with E-state index >= 15 is 0 Å². The maximum atomic E-state index is 14.3. The van der Waals surface area contributed by atoms with Crippen molar-refractivity contribution >= 4 is 63.1 Å². The molecule has 0 spiro atoms. The Morgan fingerprint density at radius 2 is 1.67 bits per heavy atom. The zero-order valence-corrected chi connectivity index (χ0v) is 27.3. The summed E-state index contributed by atoms with van der Waals surface area (Å²) in [4.78, 5) is 33.5. The Hall–Kier alpha value is -4.69. The second-order valence-electron chi connectivity index (χ2n) is 11.3. The maximum absolute atomic E-state index is 14.3. The standard InChI is InChI=1S/C37H28Cl2N4O2S/c1-22-12-15-25(16-13-22)34-33(35(44)41-27-8-4-3-5-9-27)23(2)40-37-43(34)36(45)32(46-37)19-26-21-42(31-11-7-6-10-28(26)31)20-24-14-17-29(38)30(39)18-24/h3-19,21,34H,20H2,1-2H3,(H,41,44)/b32-19+. The minimum atomic E-state index is -0.640. The van der Waals surface area contributed by atoms with E-state index in [-0.39, 0.29) is 11.5 Å². The van der Waals surface area contributed by atoms with Gasteiger partial charge in [0.15, 0.2) is 4.80 Å². The van der Waals surface area contributed by atoms with E-state index < -0.39 is 6.04 Å². The van der Waals surface area contributed by atoms with Crippen LogP contribution in [0.5, 0.6) is 0 Å². The Labute approximate surface area is 279 Å². The number of thiazole rings is 1. The SMILES string of the molecule is CC1=C(C(=O)Nc2ccccc2)C(c2ccc(C)cc2)n2c(s/c(=C/c3cn(Cc4ccc(Cl)c(Cl)c4)c4ccccc34)c2=O)=N1. The summed E-state index contributed by atoms with van der Waals surface area (Å²) < 4.78 is 4.33. The molecule has 6 aromatic rings. The van der Waals surface area contributed by atoms with Crippen LogP contribution in [0.1, 0.15) is 35.2 Å². The number of amides is 1. The van der Waals surface area contributed by atoms with Gasteiger partial charge in [-0.15, -0.1) is 0 Å². The molecule has 1 amide bonds. The molecule has 1 N–H and O–H groups in total. The van der Waals surface area contributed by atoms with Crippen molar-refractivity contribution in [2.24, 2.45) is 4.99 Å². The van der Waals surface area contributed by atoms with Crippen LogP contribution in [0.2, 0.25) is 10.0 Å². The topological polar surface area (TPSA) is 68.4 Å². The Morgan fingerprint density at radius 3 is 2.43 bits per heavy atom. The molecule has 0 aliphatic carbocycles. The highest BCUT2D eigenvalue weighted by molar-refractivity contribution is 7.07. The monoisotopic (exact) mass is 662 g/mol. The summed E-state index contributed by atoms with van der Waals surface area (Å²) in [5, 5.41) is 5.04. The molecule has 0 saturated carbocycles. The first-order valence-electron chi connectivity index (χ1n) is 14.7. The second kappa shape index (κ2) is 12.2. The molecule has 2 aromatic heterocycles. The predicted molar refractivity (Wildman–Crippen MR) is 188 cm³/mol. The van der Waals surface area contributed by atoms with Crippen molar-refractivity contribution in [3.63, 3.8) is 0 Å². The highest BCUT2D eigenvalue weighted by Gasteiger charge is 2.32. The number of hydrogen-bond acceptors (Lipinski definition) is 4. The Morgan fingerprint density at radius 1 is 0.935 bits per heavy atom. The van der Waals surface area contributed by atoms with Crippen LogP contribution in [0, 0.1) is 6.92 Å². The first-order chi connectivity index (χ1) is 22.3. The molecule has 0 saturated heterocycles. The van der Waals surface area contributed by atoms with Gasteiger partial charge in [-0.2, -0.15) is 0 Å². The highest BCUT2D eigenvalue weighted by Crippen LogP contribution is 2.31. The summed E-state index contributed by atoms with van der Waals surface area (Å²) in [7, 11) is 0. The fourth-order valence-electron chi connectivity index (χ4n) is 5.89. The number of hydrogen-bond donors (Lipinski definition) is 1. The van der Waals surface area contributed by atoms with E-state index in [0.717, 1.165) is 33.2 Å². The smallest absolute Gasteiger partial charge is 0.271 e. The molecule has 0 bridgehead atoms. The number of allylic oxidation sites excluding steroid dienone is 1. The van der Waals surface area contributed by atoms with Crippen molar-refractivity contribution in [2.75, 3.05) is 5.32 Å². The van der Waals surface area contributed by atoms with Crippen LogP contribution in [-0.2, 0) is 11.3 Å². The average Bonchev–Trinajstić information content (AvgIpc) is 3.55. The van der Waals surface area contributed by atoms with E-state index in [2.05, 4.69) is 22.0 Å². The zero-order valence-electron chi connectivity index (χ0n) is 25.0. The Balaban J connectivity index is 1.35. The lowest BCUT2D eigenvalue weighted by molar-refractivity contribution is -0.113. The van der Waals surface area contributed by atoms with Crippen molar-refractivity contribution in [3.8, 4) is 0 Å². The van der Waals surface area contributed by atoms with Crippen LogP contribution in [0.3, 0.4) is 0 Å². The van der Waals surface area contributed by atoms with Gasteiger partial charge in [0.1, 0.15) is 0 Å². The Bertz CT molecular complexity index is 2350. The molecule has 0 radical (unpaired) electrons. The van der Waals surface area contributed by atoms with Crippen LogP contribution in [0.15, 0.2) is 124 Å². The molecule has 228 valence electrons. The molecule has 9 heteroatoms. The van der Waals surface area contributed by atoms with Gasteiger partial charge >= 0.3 is 0 Å². The minimum Gasteiger partial charge on any atom is -0.342 e. The van der Waals surface area contributed by atoms with Crippen LogP contribution < -0.4 is 20.2 Å². The number of aromatic nitrogens is 2. The molecule has 1 atom stereocenters. The summed E-state index contributed by atoms with van der Waals surface area (Å²) in [5.41, 5.74) is 6.35. The number of benzene rings is 4. The normalized spacial score (nSPS) is 14.8. The van der Waals surface area contributed by atoms with Gasteiger partial charge in [0, 0.05) is 34.9 Å². The zero-order chi connectivity index (χ0) is 31.9. The van der Waals surface area contributed by atoms with E-state index in [1.165, 1.54) is 11.3 Å². The number of para-hydroxylation sites is 2.